The maximum atomic E-state index is 13.9. The van der Waals surface area contributed by atoms with Crippen molar-refractivity contribution in [2.24, 2.45) is 0 Å². The average molecular weight is 380 g/mol. The molecule has 23 heavy (non-hydrogen) atoms. The lowest BCUT2D eigenvalue weighted by Crippen LogP contribution is -2.15. The summed E-state index contributed by atoms with van der Waals surface area (Å²) in [7, 11) is 0. The number of nitrogens with one attached hydrogen (secondary N) is 1. The third kappa shape index (κ3) is 3.05. The van der Waals surface area contributed by atoms with Gasteiger partial charge in [-0.1, -0.05) is 15.9 Å². The fraction of sp³-hybridized carbons (Fsp3) is 0.125. The zero-order valence-electron chi connectivity index (χ0n) is 12.0. The molecule has 1 aliphatic heterocycles. The predicted molar refractivity (Wildman–Crippen MR) is 84.6 cm³/mol. The molecule has 0 saturated heterocycles. The van der Waals surface area contributed by atoms with Gasteiger partial charge in [0, 0.05) is 16.1 Å². The quantitative estimate of drug-likeness (QED) is 0.824. The second kappa shape index (κ2) is 6.00. The Morgan fingerprint density at radius 1 is 1.13 bits per heavy atom. The van der Waals surface area contributed by atoms with E-state index in [0.717, 1.165) is 0 Å². The van der Waals surface area contributed by atoms with Crippen LogP contribution in [-0.2, 0) is 0 Å². The number of carbonyl (C=O) groups is 2. The van der Waals surface area contributed by atoms with Crippen molar-refractivity contribution in [2.75, 3.05) is 12.1 Å². The third-order valence-electron chi connectivity index (χ3n) is 3.32. The van der Waals surface area contributed by atoms with Gasteiger partial charge < -0.3 is 14.8 Å². The Hall–Kier alpha value is -2.41. The minimum atomic E-state index is -0.665. The monoisotopic (exact) mass is 379 g/mol. The summed E-state index contributed by atoms with van der Waals surface area (Å²) in [5, 5.41) is 2.55. The molecule has 5 nitrogen and oxygen atoms in total. The Morgan fingerprint density at radius 2 is 1.83 bits per heavy atom. The molecule has 1 heterocycles. The molecule has 0 aromatic heterocycles. The second-order valence-electron chi connectivity index (χ2n) is 4.89. The fourth-order valence-electron chi connectivity index (χ4n) is 2.20. The molecule has 0 bridgehead atoms. The van der Waals surface area contributed by atoms with E-state index in [1.807, 2.05) is 0 Å². The summed E-state index contributed by atoms with van der Waals surface area (Å²) < 4.78 is 24.9. The van der Waals surface area contributed by atoms with Gasteiger partial charge >= 0.3 is 0 Å². The SMILES string of the molecule is CC(=O)c1cc2c(cc1NC(=O)c1ccc(Br)cc1F)OCO2. The number of ether oxygens (including phenoxy) is 2. The van der Waals surface area contributed by atoms with Crippen molar-refractivity contribution in [1.82, 2.24) is 0 Å². The number of Topliss-reactive ketones (excluding diaryl/α,β-unsaturated/α-hetero) is 1. The molecule has 3 rings (SSSR count). The molecule has 0 fully saturated rings. The molecule has 7 heteroatoms. The summed E-state index contributed by atoms with van der Waals surface area (Å²) in [6.45, 7) is 1.42. The van der Waals surface area contributed by atoms with Gasteiger partial charge in [0.1, 0.15) is 5.82 Å². The number of fused-ring (bicyclic) bond motifs is 1. The van der Waals surface area contributed by atoms with Crippen LogP contribution in [0, 0.1) is 5.82 Å². The van der Waals surface area contributed by atoms with E-state index in [1.54, 1.807) is 6.07 Å². The van der Waals surface area contributed by atoms with Gasteiger partial charge in [-0.3, -0.25) is 9.59 Å². The molecule has 0 radical (unpaired) electrons. The normalized spacial score (nSPS) is 12.1. The van der Waals surface area contributed by atoms with Gasteiger partial charge in [-0.25, -0.2) is 4.39 Å². The molecule has 0 spiro atoms. The van der Waals surface area contributed by atoms with Gasteiger partial charge in [0.15, 0.2) is 17.3 Å². The fourth-order valence-corrected chi connectivity index (χ4v) is 2.53. The molecule has 2 aromatic rings. The number of rotatable bonds is 3. The maximum Gasteiger partial charge on any atom is 0.258 e. The van der Waals surface area contributed by atoms with Crippen LogP contribution >= 0.6 is 15.9 Å². The number of carbonyl (C=O) groups excluding carboxylic acids is 2. The molecule has 0 saturated carbocycles. The lowest BCUT2D eigenvalue weighted by atomic mass is 10.1. The molecule has 1 amide bonds. The topological polar surface area (TPSA) is 64.6 Å². The summed E-state index contributed by atoms with van der Waals surface area (Å²) in [6.07, 6.45) is 0. The number of anilines is 1. The summed E-state index contributed by atoms with van der Waals surface area (Å²) in [5.41, 5.74) is 0.384. The highest BCUT2D eigenvalue weighted by Gasteiger charge is 2.21. The molecule has 1 N–H and O–H groups in total. The second-order valence-corrected chi connectivity index (χ2v) is 5.80. The highest BCUT2D eigenvalue weighted by atomic mass is 79.9. The van der Waals surface area contributed by atoms with Crippen molar-refractivity contribution in [3.05, 3.63) is 51.7 Å². The Kier molecular flexibility index (Phi) is 4.04. The summed E-state index contributed by atoms with van der Waals surface area (Å²) >= 11 is 3.13. The number of hydrogen-bond donors (Lipinski definition) is 1. The van der Waals surface area contributed by atoms with Crippen molar-refractivity contribution < 1.29 is 23.5 Å². The molecule has 0 atom stereocenters. The lowest BCUT2D eigenvalue weighted by Gasteiger charge is -2.11. The van der Waals surface area contributed by atoms with Crippen LogP contribution in [0.25, 0.3) is 0 Å². The van der Waals surface area contributed by atoms with E-state index in [0.29, 0.717) is 16.0 Å². The number of amides is 1. The van der Waals surface area contributed by atoms with Crippen LogP contribution in [0.5, 0.6) is 11.5 Å². The van der Waals surface area contributed by atoms with E-state index < -0.39 is 11.7 Å². The zero-order chi connectivity index (χ0) is 16.6. The first-order chi connectivity index (χ1) is 11.0. The lowest BCUT2D eigenvalue weighted by molar-refractivity contribution is 0.101. The summed E-state index contributed by atoms with van der Waals surface area (Å²) in [5.74, 6) is -0.724. The van der Waals surface area contributed by atoms with Gasteiger partial charge in [0.05, 0.1) is 11.3 Å². The van der Waals surface area contributed by atoms with Crippen LogP contribution in [-0.4, -0.2) is 18.5 Å². The Morgan fingerprint density at radius 3 is 2.48 bits per heavy atom. The van der Waals surface area contributed by atoms with Crippen molar-refractivity contribution in [2.45, 2.75) is 6.92 Å². The predicted octanol–water partition coefficient (Wildman–Crippen LogP) is 3.77. The first-order valence-electron chi connectivity index (χ1n) is 6.66. The van der Waals surface area contributed by atoms with Crippen molar-refractivity contribution in [3.63, 3.8) is 0 Å². The molecule has 2 aromatic carbocycles. The highest BCUT2D eigenvalue weighted by molar-refractivity contribution is 9.10. The van der Waals surface area contributed by atoms with Gasteiger partial charge in [0.2, 0.25) is 6.79 Å². The third-order valence-corrected chi connectivity index (χ3v) is 3.81. The van der Waals surface area contributed by atoms with Crippen LogP contribution in [0.15, 0.2) is 34.8 Å². The van der Waals surface area contributed by atoms with Gasteiger partial charge in [0.25, 0.3) is 5.91 Å². The Bertz CT molecular complexity index is 822. The number of halogens is 2. The molecule has 0 unspecified atom stereocenters. The summed E-state index contributed by atoms with van der Waals surface area (Å²) in [4.78, 5) is 24.0. The highest BCUT2D eigenvalue weighted by Crippen LogP contribution is 2.37. The van der Waals surface area contributed by atoms with Gasteiger partial charge in [-0.15, -0.1) is 0 Å². The molecule has 0 aliphatic carbocycles. The van der Waals surface area contributed by atoms with E-state index in [1.165, 1.54) is 31.2 Å². The van der Waals surface area contributed by atoms with Crippen LogP contribution in [0.4, 0.5) is 10.1 Å². The number of benzene rings is 2. The van der Waals surface area contributed by atoms with E-state index in [2.05, 4.69) is 21.2 Å². The van der Waals surface area contributed by atoms with Crippen molar-refractivity contribution in [1.29, 1.82) is 0 Å². The first-order valence-corrected chi connectivity index (χ1v) is 7.46. The van der Waals surface area contributed by atoms with Crippen LogP contribution < -0.4 is 14.8 Å². The standard InChI is InChI=1S/C16H11BrFNO4/c1-8(20)11-5-14-15(23-7-22-14)6-13(11)19-16(21)10-3-2-9(17)4-12(10)18/h2-6H,7H2,1H3,(H,19,21). The van der Waals surface area contributed by atoms with E-state index in [9.17, 15) is 14.0 Å². The van der Waals surface area contributed by atoms with Crippen molar-refractivity contribution in [3.8, 4) is 11.5 Å². The van der Waals surface area contributed by atoms with Gasteiger partial charge in [-0.05, 0) is 31.2 Å². The summed E-state index contributed by atoms with van der Waals surface area (Å²) in [6, 6.07) is 7.10. The first kappa shape index (κ1) is 15.5. The average Bonchev–Trinajstić information content (AvgIpc) is 2.93. The van der Waals surface area contributed by atoms with Crippen molar-refractivity contribution >= 4 is 33.3 Å². The minimum absolute atomic E-state index is 0.0470. The Balaban J connectivity index is 1.96. The van der Waals surface area contributed by atoms with E-state index >= 15 is 0 Å². The van der Waals surface area contributed by atoms with Crippen LogP contribution in [0.3, 0.4) is 0 Å². The van der Waals surface area contributed by atoms with Crippen LogP contribution in [0.1, 0.15) is 27.6 Å². The number of ketones is 1. The zero-order valence-corrected chi connectivity index (χ0v) is 13.6. The minimum Gasteiger partial charge on any atom is -0.454 e. The largest absolute Gasteiger partial charge is 0.454 e. The smallest absolute Gasteiger partial charge is 0.258 e. The molecule has 1 aliphatic rings. The van der Waals surface area contributed by atoms with E-state index in [4.69, 9.17) is 9.47 Å². The molecular formula is C16H11BrFNO4. The van der Waals surface area contributed by atoms with Gasteiger partial charge in [-0.2, -0.15) is 0 Å². The van der Waals surface area contributed by atoms with Crippen LogP contribution in [0.2, 0.25) is 0 Å². The molecular weight excluding hydrogens is 369 g/mol. The maximum absolute atomic E-state index is 13.9. The van der Waals surface area contributed by atoms with E-state index in [-0.39, 0.29) is 29.4 Å². The molecule has 118 valence electrons. The number of hydrogen-bond acceptors (Lipinski definition) is 4. The Labute approximate surface area is 139 Å².